The number of amides is 1. The van der Waals surface area contributed by atoms with Gasteiger partial charge in [0.05, 0.1) is 0 Å². The number of hydrogen-bond acceptors (Lipinski definition) is 6. The van der Waals surface area contributed by atoms with Crippen LogP contribution in [0.15, 0.2) is 60.7 Å². The van der Waals surface area contributed by atoms with Gasteiger partial charge in [0.1, 0.15) is 17.8 Å². The van der Waals surface area contributed by atoms with Crippen LogP contribution in [0, 0.1) is 0 Å². The smallest absolute Gasteiger partial charge is 0.328 e. The molecule has 0 saturated heterocycles. The summed E-state index contributed by atoms with van der Waals surface area (Å²) in [5.74, 6) is -1.22. The first-order chi connectivity index (χ1) is 16.3. The summed E-state index contributed by atoms with van der Waals surface area (Å²) in [6, 6.07) is 16.8. The summed E-state index contributed by atoms with van der Waals surface area (Å²) < 4.78 is 5.76. The van der Waals surface area contributed by atoms with E-state index in [9.17, 15) is 14.4 Å². The Bertz CT molecular complexity index is 1190. The molecule has 0 aliphatic carbocycles. The minimum atomic E-state index is -1.07. The quantitative estimate of drug-likeness (QED) is 0.268. The highest BCUT2D eigenvalue weighted by Crippen LogP contribution is 2.29. The largest absolute Gasteiger partial charge is 0.480 e. The normalized spacial score (nSPS) is 12.7. The maximum Gasteiger partial charge on any atom is 0.328 e. The second-order valence-electron chi connectivity index (χ2n) is 8.11. The Morgan fingerprint density at radius 2 is 1.65 bits per heavy atom. The number of carboxylic acid groups (broad SMARTS) is 1. The number of carbonyl (C=O) groups excluding carboxylic acids is 2. The second-order valence-corrected chi connectivity index (χ2v) is 8.11. The molecular formula is C26H29N3O5. The molecule has 0 fully saturated rings. The lowest BCUT2D eigenvalue weighted by Crippen LogP contribution is -2.39. The van der Waals surface area contributed by atoms with Crippen LogP contribution >= 0.6 is 0 Å². The Hall–Kier alpha value is -3.75. The molecule has 0 aliphatic rings. The van der Waals surface area contributed by atoms with Crippen molar-refractivity contribution in [3.63, 3.8) is 0 Å². The van der Waals surface area contributed by atoms with Crippen LogP contribution in [0.4, 0.5) is 0 Å². The molecule has 3 rings (SSSR count). The SMILES string of the molecule is CN[C@@H](Cc1cccc(CNC(C)=O)c1)C(=O)Oc1cccc2c(C[C@H](N)C(=O)O)cccc12. The Labute approximate surface area is 198 Å². The van der Waals surface area contributed by atoms with Crippen LogP contribution in [-0.4, -0.2) is 42.1 Å². The van der Waals surface area contributed by atoms with Gasteiger partial charge >= 0.3 is 11.9 Å². The van der Waals surface area contributed by atoms with E-state index in [0.717, 1.165) is 22.1 Å². The lowest BCUT2D eigenvalue weighted by atomic mass is 9.98. The van der Waals surface area contributed by atoms with Gasteiger partial charge in [-0.05, 0) is 48.0 Å². The number of esters is 1. The van der Waals surface area contributed by atoms with E-state index in [1.54, 1.807) is 25.2 Å². The van der Waals surface area contributed by atoms with E-state index in [0.29, 0.717) is 24.1 Å². The van der Waals surface area contributed by atoms with Gasteiger partial charge in [0.15, 0.2) is 0 Å². The molecule has 0 radical (unpaired) electrons. The Kier molecular flexibility index (Phi) is 8.34. The number of nitrogens with two attached hydrogens (primary N) is 1. The minimum Gasteiger partial charge on any atom is -0.480 e. The number of benzene rings is 3. The van der Waals surface area contributed by atoms with E-state index in [-0.39, 0.29) is 12.3 Å². The van der Waals surface area contributed by atoms with Gasteiger partial charge in [-0.1, -0.05) is 54.6 Å². The average molecular weight is 464 g/mol. The topological polar surface area (TPSA) is 131 Å². The molecule has 8 nitrogen and oxygen atoms in total. The number of likely N-dealkylation sites (N-methyl/N-ethyl adjacent to an activating group) is 1. The minimum absolute atomic E-state index is 0.106. The highest BCUT2D eigenvalue weighted by molar-refractivity contribution is 5.93. The van der Waals surface area contributed by atoms with Crippen LogP contribution in [0.25, 0.3) is 10.8 Å². The number of ether oxygens (including phenoxy) is 1. The standard InChI is InChI=1S/C26H29N3O5/c1-16(30)29-15-18-7-3-6-17(12-18)13-23(28-2)26(33)34-24-11-5-9-20-19(8-4-10-21(20)24)14-22(27)25(31)32/h3-12,22-23,28H,13-15,27H2,1-2H3,(H,29,30)(H,31,32)/t22-,23-/m0/s1. The van der Waals surface area contributed by atoms with Gasteiger partial charge in [-0.3, -0.25) is 9.59 Å². The first kappa shape index (κ1) is 24.9. The van der Waals surface area contributed by atoms with E-state index >= 15 is 0 Å². The van der Waals surface area contributed by atoms with Crippen molar-refractivity contribution in [2.45, 2.75) is 38.4 Å². The van der Waals surface area contributed by atoms with E-state index in [1.807, 2.05) is 42.5 Å². The molecule has 1 amide bonds. The Balaban J connectivity index is 1.77. The molecule has 8 heteroatoms. The van der Waals surface area contributed by atoms with Crippen molar-refractivity contribution >= 4 is 28.6 Å². The lowest BCUT2D eigenvalue weighted by Gasteiger charge is -2.17. The van der Waals surface area contributed by atoms with Crippen LogP contribution in [0.3, 0.4) is 0 Å². The fourth-order valence-electron chi connectivity index (χ4n) is 3.75. The summed E-state index contributed by atoms with van der Waals surface area (Å²) in [5, 5.41) is 16.4. The van der Waals surface area contributed by atoms with Crippen molar-refractivity contribution in [1.29, 1.82) is 0 Å². The van der Waals surface area contributed by atoms with E-state index < -0.39 is 24.0 Å². The third-order valence-corrected chi connectivity index (χ3v) is 5.55. The van der Waals surface area contributed by atoms with Crippen LogP contribution in [0.5, 0.6) is 5.75 Å². The van der Waals surface area contributed by atoms with Crippen LogP contribution in [0.2, 0.25) is 0 Å². The molecule has 5 N–H and O–H groups in total. The van der Waals surface area contributed by atoms with E-state index in [1.165, 1.54) is 6.92 Å². The van der Waals surface area contributed by atoms with Crippen molar-refractivity contribution < 1.29 is 24.2 Å². The summed E-state index contributed by atoms with van der Waals surface area (Å²) in [4.78, 5) is 35.4. The predicted octanol–water partition coefficient (Wildman–Crippen LogP) is 2.17. The van der Waals surface area contributed by atoms with E-state index in [2.05, 4.69) is 10.6 Å². The van der Waals surface area contributed by atoms with Gasteiger partial charge in [0.2, 0.25) is 5.91 Å². The first-order valence-electron chi connectivity index (χ1n) is 11.0. The third-order valence-electron chi connectivity index (χ3n) is 5.55. The molecule has 0 unspecified atom stereocenters. The molecule has 2 atom stereocenters. The Morgan fingerprint density at radius 3 is 2.35 bits per heavy atom. The van der Waals surface area contributed by atoms with Crippen LogP contribution in [-0.2, 0) is 33.8 Å². The first-order valence-corrected chi connectivity index (χ1v) is 11.0. The molecule has 0 saturated carbocycles. The highest BCUT2D eigenvalue weighted by atomic mass is 16.5. The summed E-state index contributed by atoms with van der Waals surface area (Å²) in [7, 11) is 1.70. The molecule has 178 valence electrons. The van der Waals surface area contributed by atoms with Gasteiger partial charge in [0.25, 0.3) is 0 Å². The van der Waals surface area contributed by atoms with Crippen molar-refractivity contribution in [2.75, 3.05) is 7.05 Å². The molecule has 34 heavy (non-hydrogen) atoms. The van der Waals surface area contributed by atoms with Crippen LogP contribution < -0.4 is 21.1 Å². The summed E-state index contributed by atoms with van der Waals surface area (Å²) in [5.41, 5.74) is 8.36. The van der Waals surface area contributed by atoms with Gasteiger partial charge in [-0.15, -0.1) is 0 Å². The third kappa shape index (κ3) is 6.40. The highest BCUT2D eigenvalue weighted by Gasteiger charge is 2.21. The zero-order chi connectivity index (χ0) is 24.7. The molecule has 0 aliphatic heterocycles. The molecule has 0 aromatic heterocycles. The molecule has 0 spiro atoms. The second kappa shape index (κ2) is 11.4. The molecule has 3 aromatic carbocycles. The summed E-state index contributed by atoms with van der Waals surface area (Å²) >= 11 is 0. The van der Waals surface area contributed by atoms with Crippen LogP contribution in [0.1, 0.15) is 23.6 Å². The number of aliphatic carboxylic acids is 1. The number of fused-ring (bicyclic) bond motifs is 1. The fraction of sp³-hybridized carbons (Fsp3) is 0.269. The summed E-state index contributed by atoms with van der Waals surface area (Å²) in [6.07, 6.45) is 0.574. The molecular weight excluding hydrogens is 434 g/mol. The number of hydrogen-bond donors (Lipinski definition) is 4. The van der Waals surface area contributed by atoms with Crippen molar-refractivity contribution in [3.8, 4) is 5.75 Å². The zero-order valence-electron chi connectivity index (χ0n) is 19.2. The molecule has 0 heterocycles. The Morgan fingerprint density at radius 1 is 0.971 bits per heavy atom. The summed E-state index contributed by atoms with van der Waals surface area (Å²) in [6.45, 7) is 1.88. The number of carboxylic acids is 1. The maximum absolute atomic E-state index is 13.0. The van der Waals surface area contributed by atoms with Crippen molar-refractivity contribution in [2.24, 2.45) is 5.73 Å². The number of carbonyl (C=O) groups is 3. The van der Waals surface area contributed by atoms with Crippen molar-refractivity contribution in [3.05, 3.63) is 77.4 Å². The fourth-order valence-corrected chi connectivity index (χ4v) is 3.75. The zero-order valence-corrected chi connectivity index (χ0v) is 19.2. The van der Waals surface area contributed by atoms with E-state index in [4.69, 9.17) is 15.6 Å². The average Bonchev–Trinajstić information content (AvgIpc) is 2.81. The van der Waals surface area contributed by atoms with Gasteiger partial charge in [0, 0.05) is 18.9 Å². The van der Waals surface area contributed by atoms with Gasteiger partial charge < -0.3 is 26.2 Å². The van der Waals surface area contributed by atoms with Gasteiger partial charge in [-0.25, -0.2) is 4.79 Å². The molecule has 0 bridgehead atoms. The number of nitrogens with one attached hydrogen (secondary N) is 2. The predicted molar refractivity (Wildman–Crippen MR) is 129 cm³/mol. The maximum atomic E-state index is 13.0. The number of rotatable bonds is 10. The monoisotopic (exact) mass is 463 g/mol. The lowest BCUT2D eigenvalue weighted by molar-refractivity contribution is -0.138. The van der Waals surface area contributed by atoms with Gasteiger partial charge in [-0.2, -0.15) is 0 Å². The van der Waals surface area contributed by atoms with Crippen molar-refractivity contribution in [1.82, 2.24) is 10.6 Å². The molecule has 3 aromatic rings.